The molecule has 1 unspecified atom stereocenters. The summed E-state index contributed by atoms with van der Waals surface area (Å²) in [7, 11) is 1.61. The van der Waals surface area contributed by atoms with Crippen molar-refractivity contribution in [2.45, 2.75) is 33.5 Å². The van der Waals surface area contributed by atoms with Gasteiger partial charge in [-0.05, 0) is 13.0 Å². The zero-order chi connectivity index (χ0) is 14.4. The molecule has 18 heavy (non-hydrogen) atoms. The molecule has 0 radical (unpaired) electrons. The first-order chi connectivity index (χ1) is 8.77. The van der Waals surface area contributed by atoms with Gasteiger partial charge in [0.15, 0.2) is 0 Å². The van der Waals surface area contributed by atoms with E-state index in [4.69, 9.17) is 18.6 Å². The van der Waals surface area contributed by atoms with Crippen LogP contribution in [-0.4, -0.2) is 19.8 Å². The summed E-state index contributed by atoms with van der Waals surface area (Å²) in [4.78, 5) is 0. The van der Waals surface area contributed by atoms with Gasteiger partial charge in [-0.25, -0.2) is 4.39 Å². The van der Waals surface area contributed by atoms with Crippen molar-refractivity contribution >= 4 is 0 Å². The number of rotatable bonds is 5. The molecule has 0 saturated carbocycles. The Bertz CT molecular complexity index is 283. The van der Waals surface area contributed by atoms with Crippen LogP contribution in [0.5, 0.6) is 5.75 Å². The number of halogens is 3. The maximum absolute atomic E-state index is 12.5. The van der Waals surface area contributed by atoms with E-state index >= 15 is 0 Å². The standard InChI is InChI=1S/C11H15FO2.C2H6.F2/c1-9(8-13-2)14-11-6-4-3-5-10(11)7-12;2*1-2/h3-6,9H,7-8H2,1-2H3;1-2H3;. The molecule has 0 spiro atoms. The maximum Gasteiger partial charge on any atom is 0.125 e. The fourth-order valence-corrected chi connectivity index (χ4v) is 1.21. The van der Waals surface area contributed by atoms with Crippen molar-refractivity contribution in [1.29, 1.82) is 0 Å². The number of benzene rings is 1. The quantitative estimate of drug-likeness (QED) is 0.784. The molecule has 0 saturated heterocycles. The maximum atomic E-state index is 12.5. The van der Waals surface area contributed by atoms with Crippen LogP contribution in [0.15, 0.2) is 24.3 Å². The summed E-state index contributed by atoms with van der Waals surface area (Å²) in [6.45, 7) is 5.88. The van der Waals surface area contributed by atoms with Crippen LogP contribution in [0.1, 0.15) is 26.3 Å². The monoisotopic (exact) mass is 266 g/mol. The fourth-order valence-electron chi connectivity index (χ4n) is 1.21. The van der Waals surface area contributed by atoms with Crippen LogP contribution in [0.2, 0.25) is 0 Å². The Kier molecular flexibility index (Phi) is 14.7. The number of para-hydroxylation sites is 1. The van der Waals surface area contributed by atoms with E-state index in [2.05, 4.69) is 0 Å². The Labute approximate surface area is 107 Å². The zero-order valence-electron chi connectivity index (χ0n) is 11.3. The lowest BCUT2D eigenvalue weighted by Gasteiger charge is -2.15. The van der Waals surface area contributed by atoms with Crippen molar-refractivity contribution in [3.05, 3.63) is 29.8 Å². The molecule has 0 aliphatic heterocycles. The minimum Gasteiger partial charge on any atom is -0.488 e. The predicted octanol–water partition coefficient (Wildman–Crippen LogP) is 4.44. The van der Waals surface area contributed by atoms with Crippen molar-refractivity contribution in [3.8, 4) is 5.75 Å². The smallest absolute Gasteiger partial charge is 0.125 e. The van der Waals surface area contributed by atoms with Gasteiger partial charge in [0, 0.05) is 21.8 Å². The molecule has 1 atom stereocenters. The van der Waals surface area contributed by atoms with Gasteiger partial charge < -0.3 is 9.47 Å². The molecule has 1 aromatic carbocycles. The second-order valence-corrected chi connectivity index (χ2v) is 3.13. The van der Waals surface area contributed by atoms with E-state index in [-0.39, 0.29) is 6.10 Å². The van der Waals surface area contributed by atoms with Gasteiger partial charge in [0.1, 0.15) is 18.5 Å². The van der Waals surface area contributed by atoms with Gasteiger partial charge in [-0.1, -0.05) is 32.0 Å². The van der Waals surface area contributed by atoms with Crippen LogP contribution in [0.4, 0.5) is 13.5 Å². The molecule has 2 nitrogen and oxygen atoms in total. The minimum atomic E-state index is -0.504. The van der Waals surface area contributed by atoms with Crippen molar-refractivity contribution in [1.82, 2.24) is 0 Å². The van der Waals surface area contributed by atoms with Gasteiger partial charge in [0.25, 0.3) is 0 Å². The summed E-state index contributed by atoms with van der Waals surface area (Å²) >= 11 is 0. The van der Waals surface area contributed by atoms with Gasteiger partial charge in [-0.15, -0.1) is 0 Å². The fraction of sp³-hybridized carbons (Fsp3) is 0.538. The van der Waals surface area contributed by atoms with E-state index in [1.807, 2.05) is 26.8 Å². The largest absolute Gasteiger partial charge is 0.488 e. The summed E-state index contributed by atoms with van der Waals surface area (Å²) in [5, 5.41) is 0. The molecule has 106 valence electrons. The molecule has 0 amide bonds. The normalized spacial score (nSPS) is 10.4. The number of methoxy groups -OCH3 is 1. The number of alkyl halides is 1. The molecular weight excluding hydrogens is 245 g/mol. The molecule has 0 N–H and O–H groups in total. The van der Waals surface area contributed by atoms with Gasteiger partial charge in [0.2, 0.25) is 0 Å². The highest BCUT2D eigenvalue weighted by Gasteiger charge is 2.06. The van der Waals surface area contributed by atoms with Crippen molar-refractivity contribution in [3.63, 3.8) is 0 Å². The minimum absolute atomic E-state index is 0.0623. The third-order valence-corrected chi connectivity index (χ3v) is 1.85. The Morgan fingerprint density at radius 2 is 1.72 bits per heavy atom. The van der Waals surface area contributed by atoms with E-state index in [0.29, 0.717) is 17.9 Å². The van der Waals surface area contributed by atoms with Gasteiger partial charge in [0.05, 0.1) is 6.61 Å². The lowest BCUT2D eigenvalue weighted by atomic mass is 10.2. The first kappa shape index (κ1) is 19.1. The van der Waals surface area contributed by atoms with Crippen LogP contribution in [-0.2, 0) is 11.4 Å². The van der Waals surface area contributed by atoms with E-state index < -0.39 is 6.67 Å². The lowest BCUT2D eigenvalue weighted by molar-refractivity contribution is 0.0910. The molecule has 0 aromatic heterocycles. The molecular formula is C13H21F3O2. The molecule has 1 rings (SSSR count). The van der Waals surface area contributed by atoms with Crippen molar-refractivity contribution < 1.29 is 23.0 Å². The molecule has 1 aromatic rings. The molecule has 5 heteroatoms. The number of hydrogen-bond donors (Lipinski definition) is 0. The zero-order valence-corrected chi connectivity index (χ0v) is 11.3. The molecule has 0 aliphatic carbocycles. The van der Waals surface area contributed by atoms with E-state index in [9.17, 15) is 4.39 Å². The van der Waals surface area contributed by atoms with Gasteiger partial charge in [-0.2, -0.15) is 0 Å². The van der Waals surface area contributed by atoms with E-state index in [1.54, 1.807) is 25.3 Å². The van der Waals surface area contributed by atoms with E-state index in [1.165, 1.54) is 0 Å². The van der Waals surface area contributed by atoms with Crippen LogP contribution in [0.25, 0.3) is 0 Å². The summed E-state index contributed by atoms with van der Waals surface area (Å²) in [6.07, 6.45) is -0.0623. The topological polar surface area (TPSA) is 18.5 Å². The second kappa shape index (κ2) is 13.8. The van der Waals surface area contributed by atoms with Gasteiger partial charge >= 0.3 is 0 Å². The average Bonchev–Trinajstić information content (AvgIpc) is 2.44. The predicted molar refractivity (Wildman–Crippen MR) is 66.8 cm³/mol. The third kappa shape index (κ3) is 7.95. The summed E-state index contributed by atoms with van der Waals surface area (Å²) < 4.78 is 39.0. The second-order valence-electron chi connectivity index (χ2n) is 3.13. The lowest BCUT2D eigenvalue weighted by Crippen LogP contribution is -2.18. The summed E-state index contributed by atoms with van der Waals surface area (Å²) in [5.74, 6) is 0.597. The summed E-state index contributed by atoms with van der Waals surface area (Å²) in [6, 6.07) is 7.10. The number of hydrogen-bond acceptors (Lipinski definition) is 2. The average molecular weight is 266 g/mol. The summed E-state index contributed by atoms with van der Waals surface area (Å²) in [5.41, 5.74) is 0.579. The first-order valence-corrected chi connectivity index (χ1v) is 5.71. The third-order valence-electron chi connectivity index (χ3n) is 1.85. The Balaban J connectivity index is 0. The Hall–Kier alpha value is -1.23. The van der Waals surface area contributed by atoms with Crippen molar-refractivity contribution in [2.75, 3.05) is 13.7 Å². The SMILES string of the molecule is CC.COCC(C)Oc1ccccc1CF.FF. The van der Waals surface area contributed by atoms with Crippen LogP contribution >= 0.6 is 0 Å². The molecule has 0 heterocycles. The van der Waals surface area contributed by atoms with E-state index in [0.717, 1.165) is 0 Å². The van der Waals surface area contributed by atoms with Gasteiger partial charge in [-0.3, -0.25) is 0 Å². The molecule has 0 fully saturated rings. The molecule has 0 bridgehead atoms. The van der Waals surface area contributed by atoms with Crippen molar-refractivity contribution in [2.24, 2.45) is 0 Å². The van der Waals surface area contributed by atoms with Crippen LogP contribution < -0.4 is 4.74 Å². The van der Waals surface area contributed by atoms with Crippen LogP contribution in [0, 0.1) is 0 Å². The highest BCUT2D eigenvalue weighted by atomic mass is 20.0. The Morgan fingerprint density at radius 1 is 1.17 bits per heavy atom. The first-order valence-electron chi connectivity index (χ1n) is 5.71. The number of ether oxygens (including phenoxy) is 2. The van der Waals surface area contributed by atoms with Crippen LogP contribution in [0.3, 0.4) is 0 Å². The highest BCUT2D eigenvalue weighted by molar-refractivity contribution is 5.32. The highest BCUT2D eigenvalue weighted by Crippen LogP contribution is 2.20. The Morgan fingerprint density at radius 3 is 2.22 bits per heavy atom. The molecule has 0 aliphatic rings.